The summed E-state index contributed by atoms with van der Waals surface area (Å²) in [4.78, 5) is 15.1. The Morgan fingerprint density at radius 3 is 2.05 bits per heavy atom. The second-order valence-electron chi connectivity index (χ2n) is 9.70. The second-order valence-corrected chi connectivity index (χ2v) is 12.0. The minimum absolute atomic E-state index is 0.0390. The van der Waals surface area contributed by atoms with E-state index in [1.807, 2.05) is 35.2 Å². The number of nitrogens with one attached hydrogen (secondary N) is 3. The van der Waals surface area contributed by atoms with Gasteiger partial charge in [-0.05, 0) is 41.8 Å². The highest BCUT2D eigenvalue weighted by molar-refractivity contribution is 7.91. The van der Waals surface area contributed by atoms with Gasteiger partial charge in [0, 0.05) is 37.6 Å². The molecule has 40 heavy (non-hydrogen) atoms. The summed E-state index contributed by atoms with van der Waals surface area (Å²) in [5.41, 5.74) is 2.52. The summed E-state index contributed by atoms with van der Waals surface area (Å²) >= 11 is 0. The van der Waals surface area contributed by atoms with E-state index in [-0.39, 0.29) is 30.0 Å². The molecule has 1 saturated heterocycles. The van der Waals surface area contributed by atoms with Crippen LogP contribution in [-0.4, -0.2) is 64.2 Å². The van der Waals surface area contributed by atoms with Gasteiger partial charge in [-0.2, -0.15) is 13.2 Å². The molecule has 0 aromatic heterocycles. The number of hydrogen-bond acceptors (Lipinski definition) is 6. The summed E-state index contributed by atoms with van der Waals surface area (Å²) in [5, 5.41) is 8.51. The number of hydrogen-bond donors (Lipinski definition) is 3. The van der Waals surface area contributed by atoms with Crippen LogP contribution in [0.4, 0.5) is 24.5 Å². The van der Waals surface area contributed by atoms with Crippen LogP contribution in [0.3, 0.4) is 0 Å². The zero-order chi connectivity index (χ0) is 28.6. The van der Waals surface area contributed by atoms with Crippen LogP contribution < -0.4 is 20.9 Å². The first kappa shape index (κ1) is 29.4. The van der Waals surface area contributed by atoms with E-state index in [1.165, 1.54) is 24.3 Å². The lowest BCUT2D eigenvalue weighted by molar-refractivity contribution is -0.160. The van der Waals surface area contributed by atoms with Gasteiger partial charge < -0.3 is 15.5 Å². The molecule has 0 bridgehead atoms. The van der Waals surface area contributed by atoms with Crippen LogP contribution in [0.15, 0.2) is 84.9 Å². The van der Waals surface area contributed by atoms with Gasteiger partial charge in [0.1, 0.15) is 6.04 Å². The molecule has 2 unspecified atom stereocenters. The fourth-order valence-electron chi connectivity index (χ4n) is 4.58. The molecule has 214 valence electrons. The first-order chi connectivity index (χ1) is 19.1. The number of rotatable bonds is 11. The Labute approximate surface area is 232 Å². The number of carbonyl (C=O) groups is 1. The van der Waals surface area contributed by atoms with Crippen molar-refractivity contribution < 1.29 is 26.4 Å². The molecule has 1 aliphatic heterocycles. The zero-order valence-electron chi connectivity index (χ0n) is 21.9. The normalized spacial score (nSPS) is 16.6. The van der Waals surface area contributed by atoms with Gasteiger partial charge in [0.2, 0.25) is 5.91 Å². The molecule has 1 fully saturated rings. The molecule has 11 heteroatoms. The van der Waals surface area contributed by atoms with Crippen LogP contribution in [0.1, 0.15) is 17.2 Å². The molecular formula is C29H33F3N4O3S. The van der Waals surface area contributed by atoms with E-state index in [0.717, 1.165) is 16.9 Å². The van der Waals surface area contributed by atoms with Gasteiger partial charge in [0.05, 0.1) is 17.5 Å². The number of halogens is 3. The maximum atomic E-state index is 14.0. The van der Waals surface area contributed by atoms with Gasteiger partial charge in [-0.3, -0.25) is 10.1 Å². The number of amides is 1. The highest BCUT2D eigenvalue weighted by Crippen LogP contribution is 2.33. The number of benzene rings is 3. The molecule has 1 heterocycles. The molecule has 3 aromatic carbocycles. The SMILES string of the molecule is O=C(NCCNc1ccc(N2CCS(=O)(=O)CC2)cc1)C(Cc1ccccc1)NC(c1ccccc1)C(F)(F)F. The summed E-state index contributed by atoms with van der Waals surface area (Å²) in [6.45, 7) is 1.49. The van der Waals surface area contributed by atoms with E-state index in [2.05, 4.69) is 16.0 Å². The third kappa shape index (κ3) is 8.46. The van der Waals surface area contributed by atoms with Crippen molar-refractivity contribution in [3.63, 3.8) is 0 Å². The number of alkyl halides is 3. The van der Waals surface area contributed by atoms with Crippen LogP contribution in [0.5, 0.6) is 0 Å². The third-order valence-corrected chi connectivity index (χ3v) is 8.37. The van der Waals surface area contributed by atoms with Crippen molar-refractivity contribution in [2.24, 2.45) is 0 Å². The first-order valence-corrected chi connectivity index (χ1v) is 14.9. The van der Waals surface area contributed by atoms with E-state index < -0.39 is 34.0 Å². The van der Waals surface area contributed by atoms with Gasteiger partial charge >= 0.3 is 6.18 Å². The minimum Gasteiger partial charge on any atom is -0.383 e. The summed E-state index contributed by atoms with van der Waals surface area (Å²) in [6.07, 6.45) is -4.49. The molecule has 1 amide bonds. The van der Waals surface area contributed by atoms with Crippen molar-refractivity contribution in [3.05, 3.63) is 96.1 Å². The largest absolute Gasteiger partial charge is 0.407 e. The lowest BCUT2D eigenvalue weighted by Gasteiger charge is -2.28. The van der Waals surface area contributed by atoms with Crippen molar-refractivity contribution in [2.45, 2.75) is 24.7 Å². The Morgan fingerprint density at radius 2 is 1.45 bits per heavy atom. The number of anilines is 2. The molecule has 3 N–H and O–H groups in total. The predicted molar refractivity (Wildman–Crippen MR) is 151 cm³/mol. The van der Waals surface area contributed by atoms with Gasteiger partial charge in [-0.15, -0.1) is 0 Å². The maximum absolute atomic E-state index is 14.0. The number of nitrogens with zero attached hydrogens (tertiary/aromatic N) is 1. The zero-order valence-corrected chi connectivity index (χ0v) is 22.7. The lowest BCUT2D eigenvalue weighted by atomic mass is 10.0. The molecule has 1 aliphatic rings. The average molecular weight is 575 g/mol. The van der Waals surface area contributed by atoms with E-state index >= 15 is 0 Å². The Bertz CT molecular complexity index is 1320. The van der Waals surface area contributed by atoms with Crippen molar-refractivity contribution >= 4 is 27.1 Å². The minimum atomic E-state index is -4.59. The monoisotopic (exact) mass is 574 g/mol. The molecule has 7 nitrogen and oxygen atoms in total. The highest BCUT2D eigenvalue weighted by Gasteiger charge is 2.42. The van der Waals surface area contributed by atoms with Crippen LogP contribution in [0, 0.1) is 0 Å². The smallest absolute Gasteiger partial charge is 0.383 e. The molecule has 0 radical (unpaired) electrons. The van der Waals surface area contributed by atoms with Crippen LogP contribution in [0.2, 0.25) is 0 Å². The Hall–Kier alpha value is -3.57. The van der Waals surface area contributed by atoms with Crippen LogP contribution in [0.25, 0.3) is 0 Å². The molecule has 2 atom stereocenters. The Morgan fingerprint density at radius 1 is 0.850 bits per heavy atom. The van der Waals surface area contributed by atoms with Crippen LogP contribution >= 0.6 is 0 Å². The van der Waals surface area contributed by atoms with E-state index in [9.17, 15) is 26.4 Å². The molecule has 4 rings (SSSR count). The molecule has 0 aliphatic carbocycles. The number of carbonyl (C=O) groups excluding carboxylic acids is 1. The fourth-order valence-corrected chi connectivity index (χ4v) is 5.78. The standard InChI is InChI=1S/C29H33F3N4O3S/c30-29(31,32)27(23-9-5-2-6-10-23)35-26(21-22-7-3-1-4-8-22)28(37)34-16-15-33-24-11-13-25(14-12-24)36-17-19-40(38,39)20-18-36/h1-14,26-27,33,35H,15-21H2,(H,34,37). The predicted octanol–water partition coefficient (Wildman–Crippen LogP) is 3.95. The maximum Gasteiger partial charge on any atom is 0.407 e. The van der Waals surface area contributed by atoms with E-state index in [1.54, 1.807) is 30.3 Å². The molecule has 3 aromatic rings. The molecule has 0 saturated carbocycles. The quantitative estimate of drug-likeness (QED) is 0.301. The molecular weight excluding hydrogens is 541 g/mol. The average Bonchev–Trinajstić information content (AvgIpc) is 2.94. The Balaban J connectivity index is 1.34. The summed E-state index contributed by atoms with van der Waals surface area (Å²) in [6, 6.07) is 20.9. The van der Waals surface area contributed by atoms with Gasteiger partial charge in [0.25, 0.3) is 0 Å². The van der Waals surface area contributed by atoms with E-state index in [4.69, 9.17) is 0 Å². The van der Waals surface area contributed by atoms with E-state index in [0.29, 0.717) is 19.6 Å². The van der Waals surface area contributed by atoms with Gasteiger partial charge in [-0.1, -0.05) is 60.7 Å². The third-order valence-electron chi connectivity index (χ3n) is 6.76. The van der Waals surface area contributed by atoms with Crippen molar-refractivity contribution in [1.82, 2.24) is 10.6 Å². The molecule has 0 spiro atoms. The fraction of sp³-hybridized carbons (Fsp3) is 0.345. The lowest BCUT2D eigenvalue weighted by Crippen LogP contribution is -2.50. The first-order valence-electron chi connectivity index (χ1n) is 13.1. The number of sulfone groups is 1. The van der Waals surface area contributed by atoms with Gasteiger partial charge in [0.15, 0.2) is 9.84 Å². The van der Waals surface area contributed by atoms with Crippen molar-refractivity contribution in [2.75, 3.05) is 47.9 Å². The highest BCUT2D eigenvalue weighted by atomic mass is 32.2. The summed E-state index contributed by atoms with van der Waals surface area (Å²) in [5.74, 6) is -0.240. The van der Waals surface area contributed by atoms with Gasteiger partial charge in [-0.25, -0.2) is 8.42 Å². The summed E-state index contributed by atoms with van der Waals surface area (Å²) < 4.78 is 65.3. The Kier molecular flexibility index (Phi) is 9.70. The van der Waals surface area contributed by atoms with Crippen LogP contribution in [-0.2, 0) is 21.1 Å². The summed E-state index contributed by atoms with van der Waals surface area (Å²) in [7, 11) is -2.96. The van der Waals surface area contributed by atoms with Crippen molar-refractivity contribution in [1.29, 1.82) is 0 Å². The van der Waals surface area contributed by atoms with Crippen molar-refractivity contribution in [3.8, 4) is 0 Å². The second kappa shape index (κ2) is 13.2. The topological polar surface area (TPSA) is 90.5 Å².